The predicted octanol–water partition coefficient (Wildman–Crippen LogP) is 3.20. The Balaban J connectivity index is 3.85. The van der Waals surface area contributed by atoms with Gasteiger partial charge in [-0.05, 0) is 38.5 Å². The fourth-order valence-corrected chi connectivity index (χ4v) is 1.68. The first-order valence-corrected chi connectivity index (χ1v) is 6.75. The first-order chi connectivity index (χ1) is 7.29. The van der Waals surface area contributed by atoms with Gasteiger partial charge in [0.2, 0.25) is 0 Å². The van der Waals surface area contributed by atoms with Crippen LogP contribution in [0.3, 0.4) is 0 Å². The van der Waals surface area contributed by atoms with Crippen LogP contribution in [0.1, 0.15) is 60.8 Å². The molecule has 3 atom stereocenters. The molecule has 0 heterocycles. The molecule has 0 bridgehead atoms. The fourth-order valence-electron chi connectivity index (χ4n) is 1.68. The van der Waals surface area contributed by atoms with Gasteiger partial charge in [-0.1, -0.05) is 34.1 Å². The third-order valence-electron chi connectivity index (χ3n) is 3.66. The summed E-state index contributed by atoms with van der Waals surface area (Å²) in [6.07, 6.45) is 3.46. The Labute approximate surface area is 102 Å². The van der Waals surface area contributed by atoms with Gasteiger partial charge in [0, 0.05) is 12.6 Å². The summed E-state index contributed by atoms with van der Waals surface area (Å²) in [7, 11) is 0. The van der Waals surface area contributed by atoms with Gasteiger partial charge in [-0.25, -0.2) is 0 Å². The Hall–Kier alpha value is -0.0800. The van der Waals surface area contributed by atoms with E-state index in [4.69, 9.17) is 0 Å². The summed E-state index contributed by atoms with van der Waals surface area (Å²) in [5.41, 5.74) is -0.582. The summed E-state index contributed by atoms with van der Waals surface area (Å²) in [5.74, 6) is 1.11. The van der Waals surface area contributed by atoms with E-state index in [1.807, 2.05) is 6.92 Å². The van der Waals surface area contributed by atoms with E-state index in [1.54, 1.807) is 0 Å². The molecule has 0 radical (unpaired) electrons. The molecule has 0 saturated carbocycles. The normalized spacial score (nSPS) is 19.5. The van der Waals surface area contributed by atoms with E-state index in [2.05, 4.69) is 39.9 Å². The summed E-state index contributed by atoms with van der Waals surface area (Å²) in [6, 6.07) is 0.498. The highest BCUT2D eigenvalue weighted by atomic mass is 16.3. The molecule has 0 aliphatic heterocycles. The maximum Gasteiger partial charge on any atom is 0.0768 e. The maximum atomic E-state index is 10.2. The van der Waals surface area contributed by atoms with E-state index in [0.29, 0.717) is 18.5 Å². The standard InChI is InChI=1S/C14H31NO/c1-7-12(4)14(6,16)10-15-13(5)9-8-11(2)3/h11-13,15-16H,7-10H2,1-6H3. The zero-order valence-corrected chi connectivity index (χ0v) is 12.0. The molecule has 0 saturated heterocycles. The van der Waals surface area contributed by atoms with Crippen molar-refractivity contribution in [2.75, 3.05) is 6.54 Å². The zero-order chi connectivity index (χ0) is 12.8. The van der Waals surface area contributed by atoms with Crippen LogP contribution in [0.4, 0.5) is 0 Å². The fraction of sp³-hybridized carbons (Fsp3) is 1.00. The van der Waals surface area contributed by atoms with Crippen LogP contribution in [-0.2, 0) is 0 Å². The molecule has 0 rings (SSSR count). The lowest BCUT2D eigenvalue weighted by Crippen LogP contribution is -2.45. The van der Waals surface area contributed by atoms with Crippen LogP contribution < -0.4 is 5.32 Å². The van der Waals surface area contributed by atoms with Gasteiger partial charge in [-0.15, -0.1) is 0 Å². The quantitative estimate of drug-likeness (QED) is 0.670. The first kappa shape index (κ1) is 15.9. The highest BCUT2D eigenvalue weighted by molar-refractivity contribution is 4.82. The molecular formula is C14H31NO. The second-order valence-corrected chi connectivity index (χ2v) is 5.92. The van der Waals surface area contributed by atoms with Crippen LogP contribution in [0.5, 0.6) is 0 Å². The molecule has 0 spiro atoms. The Kier molecular flexibility index (Phi) is 7.25. The van der Waals surface area contributed by atoms with Crippen molar-refractivity contribution in [3.63, 3.8) is 0 Å². The molecule has 2 heteroatoms. The number of hydrogen-bond acceptors (Lipinski definition) is 2. The van der Waals surface area contributed by atoms with Crippen LogP contribution in [0.15, 0.2) is 0 Å². The van der Waals surface area contributed by atoms with E-state index in [1.165, 1.54) is 12.8 Å². The minimum Gasteiger partial charge on any atom is -0.389 e. The van der Waals surface area contributed by atoms with Gasteiger partial charge in [-0.2, -0.15) is 0 Å². The first-order valence-electron chi connectivity index (χ1n) is 6.75. The number of hydrogen-bond donors (Lipinski definition) is 2. The van der Waals surface area contributed by atoms with Gasteiger partial charge in [0.25, 0.3) is 0 Å². The molecule has 3 unspecified atom stereocenters. The lowest BCUT2D eigenvalue weighted by molar-refractivity contribution is 0.00341. The highest BCUT2D eigenvalue weighted by Gasteiger charge is 2.26. The van der Waals surface area contributed by atoms with Crippen molar-refractivity contribution in [1.29, 1.82) is 0 Å². The van der Waals surface area contributed by atoms with Crippen molar-refractivity contribution in [3.05, 3.63) is 0 Å². The molecular weight excluding hydrogens is 198 g/mol. The van der Waals surface area contributed by atoms with Crippen molar-refractivity contribution < 1.29 is 5.11 Å². The number of aliphatic hydroxyl groups is 1. The van der Waals surface area contributed by atoms with Gasteiger partial charge in [0.1, 0.15) is 0 Å². The van der Waals surface area contributed by atoms with Crippen LogP contribution in [0.2, 0.25) is 0 Å². The third kappa shape index (κ3) is 6.49. The van der Waals surface area contributed by atoms with Crippen LogP contribution >= 0.6 is 0 Å². The van der Waals surface area contributed by atoms with Crippen LogP contribution in [0.25, 0.3) is 0 Å². The molecule has 2 N–H and O–H groups in total. The van der Waals surface area contributed by atoms with Crippen molar-refractivity contribution in [1.82, 2.24) is 5.32 Å². The van der Waals surface area contributed by atoms with Gasteiger partial charge in [0.05, 0.1) is 5.60 Å². The van der Waals surface area contributed by atoms with Gasteiger partial charge < -0.3 is 10.4 Å². The van der Waals surface area contributed by atoms with Crippen LogP contribution in [0, 0.1) is 11.8 Å². The molecule has 0 aliphatic carbocycles. The Morgan fingerprint density at radius 1 is 1.12 bits per heavy atom. The third-order valence-corrected chi connectivity index (χ3v) is 3.66. The zero-order valence-electron chi connectivity index (χ0n) is 12.0. The molecule has 0 aromatic rings. The average molecular weight is 229 g/mol. The van der Waals surface area contributed by atoms with E-state index in [0.717, 1.165) is 12.3 Å². The largest absolute Gasteiger partial charge is 0.389 e. The van der Waals surface area contributed by atoms with E-state index < -0.39 is 5.60 Å². The summed E-state index contributed by atoms with van der Waals surface area (Å²) in [4.78, 5) is 0. The summed E-state index contributed by atoms with van der Waals surface area (Å²) in [6.45, 7) is 13.6. The molecule has 0 aromatic carbocycles. The van der Waals surface area contributed by atoms with Gasteiger partial charge >= 0.3 is 0 Å². The molecule has 0 amide bonds. The van der Waals surface area contributed by atoms with E-state index >= 15 is 0 Å². The minimum absolute atomic E-state index is 0.345. The topological polar surface area (TPSA) is 32.3 Å². The molecule has 0 aromatic heterocycles. The number of rotatable bonds is 8. The van der Waals surface area contributed by atoms with Crippen LogP contribution in [-0.4, -0.2) is 23.3 Å². The summed E-state index contributed by atoms with van der Waals surface area (Å²) >= 11 is 0. The SMILES string of the molecule is CCC(C)C(C)(O)CNC(C)CCC(C)C. The second-order valence-electron chi connectivity index (χ2n) is 5.92. The summed E-state index contributed by atoms with van der Waals surface area (Å²) in [5, 5.41) is 13.7. The van der Waals surface area contributed by atoms with E-state index in [-0.39, 0.29) is 0 Å². The van der Waals surface area contributed by atoms with E-state index in [9.17, 15) is 5.11 Å². The molecule has 98 valence electrons. The monoisotopic (exact) mass is 229 g/mol. The Bertz CT molecular complexity index is 178. The van der Waals surface area contributed by atoms with Crippen molar-refractivity contribution in [3.8, 4) is 0 Å². The Morgan fingerprint density at radius 3 is 2.12 bits per heavy atom. The predicted molar refractivity (Wildman–Crippen MR) is 71.6 cm³/mol. The number of nitrogens with one attached hydrogen (secondary N) is 1. The Morgan fingerprint density at radius 2 is 1.69 bits per heavy atom. The molecule has 2 nitrogen and oxygen atoms in total. The molecule has 0 fully saturated rings. The average Bonchev–Trinajstić information content (AvgIpc) is 2.22. The lowest BCUT2D eigenvalue weighted by Gasteiger charge is -2.31. The highest BCUT2D eigenvalue weighted by Crippen LogP contribution is 2.19. The van der Waals surface area contributed by atoms with Crippen molar-refractivity contribution in [2.24, 2.45) is 11.8 Å². The molecule has 16 heavy (non-hydrogen) atoms. The van der Waals surface area contributed by atoms with Crippen molar-refractivity contribution >= 4 is 0 Å². The smallest absolute Gasteiger partial charge is 0.0768 e. The minimum atomic E-state index is -0.582. The summed E-state index contributed by atoms with van der Waals surface area (Å²) < 4.78 is 0. The maximum absolute atomic E-state index is 10.2. The van der Waals surface area contributed by atoms with Gasteiger partial charge in [-0.3, -0.25) is 0 Å². The lowest BCUT2D eigenvalue weighted by atomic mass is 9.88. The van der Waals surface area contributed by atoms with Gasteiger partial charge in [0.15, 0.2) is 0 Å². The second kappa shape index (κ2) is 7.29. The van der Waals surface area contributed by atoms with Crippen molar-refractivity contribution in [2.45, 2.75) is 72.4 Å². The molecule has 0 aliphatic rings.